The molecule has 0 nitrogen and oxygen atoms in total. The summed E-state index contributed by atoms with van der Waals surface area (Å²) in [7, 11) is -0.282. The van der Waals surface area contributed by atoms with E-state index in [2.05, 4.69) is 104 Å². The maximum absolute atomic E-state index is 4.65. The topological polar surface area (TPSA) is 0 Å². The molecule has 3 aromatic carbocycles. The van der Waals surface area contributed by atoms with E-state index in [1.165, 1.54) is 28.4 Å². The van der Waals surface area contributed by atoms with E-state index in [4.69, 9.17) is 0 Å². The molecular formula is C26H24P+. The number of rotatable bonds is 3. The molecular weight excluding hydrogens is 343 g/mol. The number of benzene rings is 3. The number of fused-ring (bicyclic) bond motifs is 2. The SMILES string of the molecule is C=C1C(c2ccccc2)=[P+]2CC1(C)C(c1ccccc1)C2c1ccccc1. The minimum Gasteiger partial charge on any atom is -0.0907 e. The third-order valence-corrected chi connectivity index (χ3v) is 9.81. The first-order valence-electron chi connectivity index (χ1n) is 9.69. The molecule has 0 N–H and O–H groups in total. The molecule has 1 heteroatoms. The van der Waals surface area contributed by atoms with Gasteiger partial charge in [-0.25, -0.2) is 0 Å². The largest absolute Gasteiger partial charge is 0.154 e. The van der Waals surface area contributed by atoms with Gasteiger partial charge in [0.2, 0.25) is 0 Å². The zero-order valence-electron chi connectivity index (χ0n) is 15.7. The Morgan fingerprint density at radius 2 is 1.30 bits per heavy atom. The molecule has 1 fully saturated rings. The molecule has 132 valence electrons. The van der Waals surface area contributed by atoms with Crippen molar-refractivity contribution in [2.45, 2.75) is 18.5 Å². The lowest BCUT2D eigenvalue weighted by atomic mass is 9.67. The standard InChI is InChI=1S/C26H24P/c1-19-24(21-14-8-4-9-15-21)27-18-26(19,2)23(20-12-6-3-7-13-20)25(27)22-16-10-5-11-17-22/h3-17,23,25H,1,18H2,2H3/q+1. The second-order valence-electron chi connectivity index (χ2n) is 7.98. The molecule has 2 aliphatic heterocycles. The fraction of sp³-hybridized carbons (Fsp3) is 0.192. The van der Waals surface area contributed by atoms with Gasteiger partial charge in [0.05, 0.1) is 0 Å². The first-order valence-corrected chi connectivity index (χ1v) is 11.3. The van der Waals surface area contributed by atoms with Crippen LogP contribution in [0.2, 0.25) is 0 Å². The van der Waals surface area contributed by atoms with Gasteiger partial charge in [-0.05, 0) is 11.1 Å². The molecule has 0 radical (unpaired) electrons. The van der Waals surface area contributed by atoms with Crippen molar-refractivity contribution in [1.82, 2.24) is 0 Å². The molecule has 3 aromatic rings. The van der Waals surface area contributed by atoms with E-state index >= 15 is 0 Å². The summed E-state index contributed by atoms with van der Waals surface area (Å²) in [5.74, 6) is 0.507. The molecule has 0 aromatic heterocycles. The van der Waals surface area contributed by atoms with Crippen LogP contribution in [0, 0.1) is 5.41 Å². The van der Waals surface area contributed by atoms with Crippen molar-refractivity contribution in [1.29, 1.82) is 0 Å². The molecule has 0 spiro atoms. The van der Waals surface area contributed by atoms with Gasteiger partial charge in [-0.2, -0.15) is 0 Å². The van der Waals surface area contributed by atoms with Crippen LogP contribution in [0.15, 0.2) is 103 Å². The first kappa shape index (κ1) is 16.7. The van der Waals surface area contributed by atoms with E-state index < -0.39 is 0 Å². The summed E-state index contributed by atoms with van der Waals surface area (Å²) in [5, 5.41) is 1.55. The van der Waals surface area contributed by atoms with Crippen LogP contribution in [0.3, 0.4) is 0 Å². The predicted octanol–water partition coefficient (Wildman–Crippen LogP) is 6.80. The Hall–Kier alpha value is -2.43. The highest BCUT2D eigenvalue weighted by atomic mass is 31.1. The summed E-state index contributed by atoms with van der Waals surface area (Å²) >= 11 is 0. The smallest absolute Gasteiger partial charge is 0.0907 e. The van der Waals surface area contributed by atoms with Crippen molar-refractivity contribution < 1.29 is 0 Å². The van der Waals surface area contributed by atoms with Gasteiger partial charge < -0.3 is 0 Å². The van der Waals surface area contributed by atoms with Crippen LogP contribution < -0.4 is 0 Å². The predicted molar refractivity (Wildman–Crippen MR) is 118 cm³/mol. The molecule has 2 heterocycles. The van der Waals surface area contributed by atoms with Crippen molar-refractivity contribution >= 4 is 12.8 Å². The molecule has 0 aliphatic carbocycles. The second-order valence-corrected chi connectivity index (χ2v) is 10.2. The lowest BCUT2D eigenvalue weighted by molar-refractivity contribution is 0.385. The van der Waals surface area contributed by atoms with Gasteiger partial charge in [-0.15, -0.1) is 0 Å². The van der Waals surface area contributed by atoms with Gasteiger partial charge in [-0.3, -0.25) is 0 Å². The van der Waals surface area contributed by atoms with Crippen LogP contribution in [0.4, 0.5) is 0 Å². The Bertz CT molecular complexity index is 1020. The normalized spacial score (nSPS) is 28.0. The monoisotopic (exact) mass is 367 g/mol. The zero-order chi connectivity index (χ0) is 18.4. The Balaban J connectivity index is 1.75. The fourth-order valence-corrected chi connectivity index (χ4v) is 9.40. The Kier molecular flexibility index (Phi) is 3.92. The molecule has 1 saturated heterocycles. The first-order chi connectivity index (χ1) is 13.2. The summed E-state index contributed by atoms with van der Waals surface area (Å²) in [4.78, 5) is 0. The van der Waals surface area contributed by atoms with E-state index in [-0.39, 0.29) is 13.0 Å². The summed E-state index contributed by atoms with van der Waals surface area (Å²) < 4.78 is 0. The number of hydrogen-bond acceptors (Lipinski definition) is 0. The van der Waals surface area contributed by atoms with Gasteiger partial charge in [0.15, 0.2) is 5.29 Å². The third kappa shape index (κ3) is 2.47. The number of hydrogen-bond donors (Lipinski definition) is 0. The Morgan fingerprint density at radius 3 is 1.89 bits per heavy atom. The van der Waals surface area contributed by atoms with E-state index in [0.29, 0.717) is 11.6 Å². The highest BCUT2D eigenvalue weighted by molar-refractivity contribution is 7.61. The van der Waals surface area contributed by atoms with Crippen molar-refractivity contribution in [3.05, 3.63) is 120 Å². The third-order valence-electron chi connectivity index (χ3n) is 6.45. The van der Waals surface area contributed by atoms with E-state index in [1.54, 1.807) is 5.29 Å². The van der Waals surface area contributed by atoms with Gasteiger partial charge in [0.1, 0.15) is 19.4 Å². The molecule has 2 bridgehead atoms. The van der Waals surface area contributed by atoms with E-state index in [1.807, 2.05) is 0 Å². The maximum atomic E-state index is 4.65. The summed E-state index contributed by atoms with van der Waals surface area (Å²) in [6.07, 6.45) is 1.25. The highest BCUT2D eigenvalue weighted by Gasteiger charge is 2.64. The second kappa shape index (κ2) is 6.32. The molecule has 2 aliphatic rings. The number of allylic oxidation sites excluding steroid dienone is 1. The summed E-state index contributed by atoms with van der Waals surface area (Å²) in [6, 6.07) is 33.3. The van der Waals surface area contributed by atoms with Gasteiger partial charge in [-0.1, -0.05) is 104 Å². The molecule has 5 rings (SSSR count). The minimum atomic E-state index is -0.282. The molecule has 0 amide bonds. The van der Waals surface area contributed by atoms with Crippen LogP contribution in [-0.2, 0) is 0 Å². The lowest BCUT2D eigenvalue weighted by Crippen LogP contribution is -2.30. The Morgan fingerprint density at radius 1 is 0.778 bits per heavy atom. The van der Waals surface area contributed by atoms with Crippen LogP contribution in [0.25, 0.3) is 0 Å². The fourth-order valence-electron chi connectivity index (χ4n) is 5.19. The summed E-state index contributed by atoms with van der Waals surface area (Å²) in [6.45, 7) is 7.11. The highest BCUT2D eigenvalue weighted by Crippen LogP contribution is 2.74. The quantitative estimate of drug-likeness (QED) is 0.446. The van der Waals surface area contributed by atoms with Crippen molar-refractivity contribution in [3.8, 4) is 0 Å². The zero-order valence-corrected chi connectivity index (χ0v) is 16.6. The lowest BCUT2D eigenvalue weighted by Gasteiger charge is -2.33. The van der Waals surface area contributed by atoms with Gasteiger partial charge in [0.25, 0.3) is 0 Å². The maximum Gasteiger partial charge on any atom is 0.154 e. The van der Waals surface area contributed by atoms with Crippen molar-refractivity contribution in [2.24, 2.45) is 5.41 Å². The van der Waals surface area contributed by atoms with Crippen LogP contribution >= 0.6 is 7.55 Å². The van der Waals surface area contributed by atoms with Gasteiger partial charge in [0, 0.05) is 22.5 Å². The van der Waals surface area contributed by atoms with Crippen molar-refractivity contribution in [2.75, 3.05) is 6.16 Å². The van der Waals surface area contributed by atoms with Crippen LogP contribution in [0.5, 0.6) is 0 Å². The molecule has 0 saturated carbocycles. The molecule has 4 atom stereocenters. The van der Waals surface area contributed by atoms with Crippen LogP contribution in [-0.4, -0.2) is 11.5 Å². The summed E-state index contributed by atoms with van der Waals surface area (Å²) in [5.41, 5.74) is 6.41. The van der Waals surface area contributed by atoms with E-state index in [0.717, 1.165) is 0 Å². The molecule has 27 heavy (non-hydrogen) atoms. The van der Waals surface area contributed by atoms with Crippen LogP contribution in [0.1, 0.15) is 35.2 Å². The average Bonchev–Trinajstić information content (AvgIpc) is 3.17. The molecule has 4 unspecified atom stereocenters. The van der Waals surface area contributed by atoms with E-state index in [9.17, 15) is 0 Å². The van der Waals surface area contributed by atoms with Crippen molar-refractivity contribution in [3.63, 3.8) is 0 Å². The average molecular weight is 367 g/mol. The minimum absolute atomic E-state index is 0.138. The van der Waals surface area contributed by atoms with Gasteiger partial charge >= 0.3 is 0 Å². The Labute approximate surface area is 163 Å².